The number of nitrogens with zero attached hydrogens (tertiary/aromatic N) is 3. The number of carbonyl (C=O) groups is 1. The number of piperazine rings is 1. The minimum atomic E-state index is -0.210. The van der Waals surface area contributed by atoms with Crippen molar-refractivity contribution < 1.29 is 14.3 Å². The Balaban J connectivity index is 1.24. The highest BCUT2D eigenvalue weighted by Gasteiger charge is 2.20. The lowest BCUT2D eigenvalue weighted by Crippen LogP contribution is -2.48. The molecule has 0 spiro atoms. The van der Waals surface area contributed by atoms with Gasteiger partial charge in [0.05, 0.1) is 10.2 Å². The van der Waals surface area contributed by atoms with E-state index in [0.29, 0.717) is 19.8 Å². The lowest BCUT2D eigenvalue weighted by molar-refractivity contribution is -0.122. The van der Waals surface area contributed by atoms with Gasteiger partial charge in [-0.05, 0) is 18.6 Å². The number of carbonyl (C=O) groups excluding carboxylic acids is 1. The van der Waals surface area contributed by atoms with Gasteiger partial charge in [-0.2, -0.15) is 0 Å². The number of rotatable bonds is 5. The van der Waals surface area contributed by atoms with Crippen molar-refractivity contribution in [2.24, 2.45) is 0 Å². The van der Waals surface area contributed by atoms with Crippen LogP contribution in [-0.4, -0.2) is 68.3 Å². The van der Waals surface area contributed by atoms with E-state index in [9.17, 15) is 4.79 Å². The molecule has 1 fully saturated rings. The molecule has 0 radical (unpaired) electrons. The molecule has 2 aromatic rings. The molecule has 144 valence electrons. The molecule has 4 rings (SSSR count). The van der Waals surface area contributed by atoms with Gasteiger partial charge < -0.3 is 19.7 Å². The number of anilines is 1. The Morgan fingerprint density at radius 1 is 1.26 bits per heavy atom. The van der Waals surface area contributed by atoms with Gasteiger partial charge in [0.25, 0.3) is 5.91 Å². The summed E-state index contributed by atoms with van der Waals surface area (Å²) >= 11 is 1.76. The standard InChI is InChI=1S/C19H24N4O3S/c1-14-3-2-4-16-17(14)21-19(27-16)23-9-7-22(8-10-23)6-5-20-18(24)15-13-25-11-12-26-15/h2-4,13H,5-12H2,1H3,(H,20,24). The maximum Gasteiger partial charge on any atom is 0.289 e. The molecule has 0 bridgehead atoms. The number of hydrogen-bond acceptors (Lipinski definition) is 7. The molecule has 1 aromatic carbocycles. The van der Waals surface area contributed by atoms with Gasteiger partial charge >= 0.3 is 0 Å². The Hall–Kier alpha value is -2.32. The largest absolute Gasteiger partial charge is 0.494 e. The van der Waals surface area contributed by atoms with E-state index >= 15 is 0 Å². The first-order valence-corrected chi connectivity index (χ1v) is 10.1. The van der Waals surface area contributed by atoms with E-state index in [2.05, 4.69) is 40.2 Å². The van der Waals surface area contributed by atoms with Gasteiger partial charge in [0.1, 0.15) is 19.5 Å². The summed E-state index contributed by atoms with van der Waals surface area (Å²) in [7, 11) is 0. The minimum absolute atomic E-state index is 0.210. The van der Waals surface area contributed by atoms with Gasteiger partial charge in [0.2, 0.25) is 5.76 Å². The SMILES string of the molecule is Cc1cccc2sc(N3CCN(CCNC(=O)C4=COCCO4)CC3)nc12. The van der Waals surface area contributed by atoms with Crippen LogP contribution in [0.3, 0.4) is 0 Å². The van der Waals surface area contributed by atoms with Crippen molar-refractivity contribution in [2.45, 2.75) is 6.92 Å². The zero-order chi connectivity index (χ0) is 18.6. The highest BCUT2D eigenvalue weighted by molar-refractivity contribution is 7.22. The fourth-order valence-corrected chi connectivity index (χ4v) is 4.37. The number of benzene rings is 1. The number of ether oxygens (including phenoxy) is 2. The summed E-state index contributed by atoms with van der Waals surface area (Å²) in [6.45, 7) is 8.29. The quantitative estimate of drug-likeness (QED) is 0.842. The molecular weight excluding hydrogens is 364 g/mol. The molecule has 1 aromatic heterocycles. The molecule has 0 aliphatic carbocycles. The van der Waals surface area contributed by atoms with Gasteiger partial charge in [0.15, 0.2) is 5.13 Å². The van der Waals surface area contributed by atoms with E-state index in [4.69, 9.17) is 14.5 Å². The smallest absolute Gasteiger partial charge is 0.289 e. The van der Waals surface area contributed by atoms with Crippen LogP contribution in [0.15, 0.2) is 30.2 Å². The Labute approximate surface area is 162 Å². The van der Waals surface area contributed by atoms with E-state index in [0.717, 1.165) is 43.4 Å². The first-order chi connectivity index (χ1) is 13.2. The molecule has 2 aliphatic heterocycles. The molecule has 8 heteroatoms. The van der Waals surface area contributed by atoms with E-state index in [-0.39, 0.29) is 11.7 Å². The summed E-state index contributed by atoms with van der Waals surface area (Å²) in [6, 6.07) is 6.34. The highest BCUT2D eigenvalue weighted by Crippen LogP contribution is 2.30. The third-order valence-electron chi connectivity index (χ3n) is 4.84. The summed E-state index contributed by atoms with van der Waals surface area (Å²) in [4.78, 5) is 21.5. The molecular formula is C19H24N4O3S. The van der Waals surface area contributed by atoms with Crippen LogP contribution >= 0.6 is 11.3 Å². The Bertz CT molecular complexity index is 843. The van der Waals surface area contributed by atoms with Gasteiger partial charge in [-0.25, -0.2) is 4.98 Å². The lowest BCUT2D eigenvalue weighted by Gasteiger charge is -2.34. The zero-order valence-electron chi connectivity index (χ0n) is 15.4. The fourth-order valence-electron chi connectivity index (χ4n) is 3.27. The van der Waals surface area contributed by atoms with E-state index in [1.54, 1.807) is 11.3 Å². The third-order valence-corrected chi connectivity index (χ3v) is 5.92. The van der Waals surface area contributed by atoms with E-state index < -0.39 is 0 Å². The Morgan fingerprint density at radius 3 is 2.85 bits per heavy atom. The maximum atomic E-state index is 12.0. The van der Waals surface area contributed by atoms with Gasteiger partial charge in [-0.3, -0.25) is 9.69 Å². The second-order valence-corrected chi connectivity index (χ2v) is 7.71. The molecule has 3 heterocycles. The molecule has 1 amide bonds. The number of hydrogen-bond donors (Lipinski definition) is 1. The monoisotopic (exact) mass is 388 g/mol. The second-order valence-electron chi connectivity index (χ2n) is 6.70. The Kier molecular flexibility index (Phi) is 5.45. The first-order valence-electron chi connectivity index (χ1n) is 9.27. The maximum absolute atomic E-state index is 12.0. The topological polar surface area (TPSA) is 66.9 Å². The summed E-state index contributed by atoms with van der Waals surface area (Å²) in [5, 5.41) is 3.99. The number of aryl methyl sites for hydroxylation is 1. The average molecular weight is 388 g/mol. The van der Waals surface area contributed by atoms with Gasteiger partial charge in [-0.15, -0.1) is 0 Å². The number of para-hydroxylation sites is 1. The van der Waals surface area contributed by atoms with Crippen LogP contribution in [0, 0.1) is 6.92 Å². The molecule has 0 atom stereocenters. The molecule has 0 unspecified atom stereocenters. The summed E-state index contributed by atoms with van der Waals surface area (Å²) in [5.74, 6) is 0.0513. The lowest BCUT2D eigenvalue weighted by atomic mass is 10.2. The van der Waals surface area contributed by atoms with E-state index in [1.165, 1.54) is 16.5 Å². The van der Waals surface area contributed by atoms with Crippen molar-refractivity contribution >= 4 is 32.6 Å². The minimum Gasteiger partial charge on any atom is -0.494 e. The van der Waals surface area contributed by atoms with Crippen molar-refractivity contribution in [3.05, 3.63) is 35.8 Å². The van der Waals surface area contributed by atoms with Crippen molar-refractivity contribution in [3.63, 3.8) is 0 Å². The number of thiazole rings is 1. The normalized spacial score (nSPS) is 18.0. The predicted molar refractivity (Wildman–Crippen MR) is 106 cm³/mol. The van der Waals surface area contributed by atoms with Crippen LogP contribution in [0.25, 0.3) is 10.2 Å². The number of amides is 1. The van der Waals surface area contributed by atoms with Crippen molar-refractivity contribution in [1.82, 2.24) is 15.2 Å². The number of aromatic nitrogens is 1. The van der Waals surface area contributed by atoms with Crippen LogP contribution in [0.2, 0.25) is 0 Å². The summed E-state index contributed by atoms with van der Waals surface area (Å²) in [6.07, 6.45) is 1.39. The zero-order valence-corrected chi connectivity index (χ0v) is 16.3. The van der Waals surface area contributed by atoms with Gasteiger partial charge in [0, 0.05) is 39.3 Å². The first kappa shape index (κ1) is 18.1. The van der Waals surface area contributed by atoms with Crippen molar-refractivity contribution in [3.8, 4) is 0 Å². The number of nitrogens with one attached hydrogen (secondary N) is 1. The van der Waals surface area contributed by atoms with Crippen molar-refractivity contribution in [1.29, 1.82) is 0 Å². The van der Waals surface area contributed by atoms with Crippen LogP contribution in [-0.2, 0) is 14.3 Å². The summed E-state index contributed by atoms with van der Waals surface area (Å²) < 4.78 is 11.6. The molecule has 27 heavy (non-hydrogen) atoms. The highest BCUT2D eigenvalue weighted by atomic mass is 32.1. The Morgan fingerprint density at radius 2 is 2.11 bits per heavy atom. The molecule has 1 saturated heterocycles. The summed E-state index contributed by atoms with van der Waals surface area (Å²) in [5.41, 5.74) is 2.35. The molecule has 1 N–H and O–H groups in total. The number of fused-ring (bicyclic) bond motifs is 1. The predicted octanol–water partition coefficient (Wildman–Crippen LogP) is 1.73. The molecule has 7 nitrogen and oxygen atoms in total. The van der Waals surface area contributed by atoms with Crippen LogP contribution in [0.1, 0.15) is 5.56 Å². The second kappa shape index (κ2) is 8.14. The third kappa shape index (κ3) is 4.17. The fraction of sp³-hybridized carbons (Fsp3) is 0.474. The van der Waals surface area contributed by atoms with E-state index in [1.807, 2.05) is 0 Å². The van der Waals surface area contributed by atoms with Crippen LogP contribution < -0.4 is 10.2 Å². The molecule has 0 saturated carbocycles. The van der Waals surface area contributed by atoms with Crippen LogP contribution in [0.4, 0.5) is 5.13 Å². The van der Waals surface area contributed by atoms with Crippen LogP contribution in [0.5, 0.6) is 0 Å². The molecule has 2 aliphatic rings. The average Bonchev–Trinajstić information content (AvgIpc) is 3.15. The van der Waals surface area contributed by atoms with Crippen molar-refractivity contribution in [2.75, 3.05) is 57.4 Å². The van der Waals surface area contributed by atoms with Gasteiger partial charge in [-0.1, -0.05) is 23.5 Å².